The van der Waals surface area contributed by atoms with E-state index in [9.17, 15) is 26.7 Å². The van der Waals surface area contributed by atoms with E-state index < -0.39 is 28.7 Å². The van der Waals surface area contributed by atoms with Crippen LogP contribution in [0.2, 0.25) is 0 Å². The summed E-state index contributed by atoms with van der Waals surface area (Å²) in [5.41, 5.74) is 3.38. The maximum absolute atomic E-state index is 13.0. The molecule has 3 heterocycles. The normalized spacial score (nSPS) is 19.4. The standard InChI is InChI=1S/C29H29F3N6O3S2/c1-37(27-22-12-20(13-29(30,31)32)42-28(22)35-16-34-27)25-10-19(11-26(25)39)33-14-17-6-8-18(9-7-17)21-4-3-5-24-23(21)15-36-38(24)43(2,40)41/h3-9,12,15-16,19,25-26,33,39H,10-11,13-14H2,1-2H3/t19-,25+,26-/m1/s1. The molecular formula is C29H29F3N6O3S2. The third kappa shape index (κ3) is 6.09. The molecule has 3 atom stereocenters. The number of thiophene rings is 1. The average Bonchev–Trinajstić information content (AvgIpc) is 3.66. The highest BCUT2D eigenvalue weighted by atomic mass is 32.2. The first kappa shape index (κ1) is 29.5. The number of nitrogens with zero attached hydrogens (tertiary/aromatic N) is 5. The van der Waals surface area contributed by atoms with Gasteiger partial charge in [0.15, 0.2) is 0 Å². The van der Waals surface area contributed by atoms with Crippen molar-refractivity contribution in [1.29, 1.82) is 0 Å². The van der Waals surface area contributed by atoms with Crippen molar-refractivity contribution in [2.45, 2.75) is 50.2 Å². The second kappa shape index (κ2) is 11.2. The molecule has 14 heteroatoms. The molecule has 43 heavy (non-hydrogen) atoms. The fourth-order valence-electron chi connectivity index (χ4n) is 5.80. The molecule has 1 saturated carbocycles. The highest BCUT2D eigenvalue weighted by Gasteiger charge is 2.37. The molecule has 0 bridgehead atoms. The first-order valence-electron chi connectivity index (χ1n) is 13.6. The lowest BCUT2D eigenvalue weighted by atomic mass is 10.0. The fourth-order valence-corrected chi connectivity index (χ4v) is 7.56. The van der Waals surface area contributed by atoms with Gasteiger partial charge >= 0.3 is 6.18 Å². The van der Waals surface area contributed by atoms with Crippen LogP contribution in [-0.2, 0) is 23.0 Å². The van der Waals surface area contributed by atoms with Crippen molar-refractivity contribution in [3.63, 3.8) is 0 Å². The molecule has 2 N–H and O–H groups in total. The molecule has 3 aromatic heterocycles. The zero-order chi connectivity index (χ0) is 30.5. The highest BCUT2D eigenvalue weighted by molar-refractivity contribution is 7.89. The number of anilines is 1. The van der Waals surface area contributed by atoms with E-state index in [1.807, 2.05) is 41.3 Å². The number of alkyl halides is 3. The summed E-state index contributed by atoms with van der Waals surface area (Å²) in [5.74, 6) is 0.507. The summed E-state index contributed by atoms with van der Waals surface area (Å²) in [5, 5.41) is 19.8. The van der Waals surface area contributed by atoms with Crippen molar-refractivity contribution < 1.29 is 26.7 Å². The molecule has 226 valence electrons. The Morgan fingerprint density at radius 1 is 1.12 bits per heavy atom. The van der Waals surface area contributed by atoms with Gasteiger partial charge in [-0.25, -0.2) is 18.4 Å². The summed E-state index contributed by atoms with van der Waals surface area (Å²) >= 11 is 1.01. The lowest BCUT2D eigenvalue weighted by Gasteiger charge is -2.28. The van der Waals surface area contributed by atoms with E-state index in [1.54, 1.807) is 19.3 Å². The van der Waals surface area contributed by atoms with E-state index in [1.165, 1.54) is 12.4 Å². The topological polar surface area (TPSA) is 113 Å². The molecule has 1 aliphatic carbocycles. The molecule has 0 radical (unpaired) electrons. The van der Waals surface area contributed by atoms with Crippen LogP contribution in [0.25, 0.3) is 32.2 Å². The van der Waals surface area contributed by atoms with Gasteiger partial charge in [-0.15, -0.1) is 11.3 Å². The third-order valence-corrected chi connectivity index (χ3v) is 9.78. The SMILES string of the molecule is CN(c1ncnc2sc(CC(F)(F)F)cc12)[C@H]1C[C@@H](NCc2ccc(-c3cccc4c3cnn4S(C)(=O)=O)cc2)C[C@H]1O. The lowest BCUT2D eigenvalue weighted by molar-refractivity contribution is -0.126. The van der Waals surface area contributed by atoms with Crippen molar-refractivity contribution in [3.8, 4) is 11.1 Å². The zero-order valence-corrected chi connectivity index (χ0v) is 24.9. The van der Waals surface area contributed by atoms with E-state index in [0.717, 1.165) is 43.8 Å². The molecule has 0 amide bonds. The lowest BCUT2D eigenvalue weighted by Crippen LogP contribution is -2.38. The molecule has 1 fully saturated rings. The number of nitrogens with one attached hydrogen (secondary N) is 1. The number of aromatic nitrogens is 4. The predicted molar refractivity (Wildman–Crippen MR) is 161 cm³/mol. The van der Waals surface area contributed by atoms with Crippen LogP contribution in [0.1, 0.15) is 23.3 Å². The van der Waals surface area contributed by atoms with Gasteiger partial charge in [0.05, 0.1) is 41.9 Å². The van der Waals surface area contributed by atoms with Gasteiger partial charge in [-0.1, -0.05) is 36.4 Å². The Morgan fingerprint density at radius 3 is 2.60 bits per heavy atom. The van der Waals surface area contributed by atoms with Crippen molar-refractivity contribution in [1.82, 2.24) is 24.5 Å². The third-order valence-electron chi connectivity index (χ3n) is 7.82. The van der Waals surface area contributed by atoms with Gasteiger partial charge in [-0.05, 0) is 41.7 Å². The number of likely N-dealkylation sites (N-methyl/N-ethyl adjacent to an activating group) is 1. The summed E-state index contributed by atoms with van der Waals surface area (Å²) < 4.78 is 64.0. The van der Waals surface area contributed by atoms with Gasteiger partial charge in [-0.2, -0.15) is 22.4 Å². The molecule has 6 rings (SSSR count). The number of aliphatic hydroxyl groups is 1. The number of benzene rings is 2. The second-order valence-electron chi connectivity index (χ2n) is 10.9. The van der Waals surface area contributed by atoms with Crippen LogP contribution in [0, 0.1) is 0 Å². The Hall–Kier alpha value is -3.59. The fraction of sp³-hybridized carbons (Fsp3) is 0.345. The Kier molecular flexibility index (Phi) is 7.65. The van der Waals surface area contributed by atoms with Crippen LogP contribution in [0.4, 0.5) is 19.0 Å². The van der Waals surface area contributed by atoms with E-state index in [0.29, 0.717) is 40.9 Å². The van der Waals surface area contributed by atoms with Gasteiger partial charge in [0.2, 0.25) is 0 Å². The van der Waals surface area contributed by atoms with Gasteiger partial charge in [0.25, 0.3) is 10.0 Å². The number of rotatable bonds is 8. The molecule has 9 nitrogen and oxygen atoms in total. The van der Waals surface area contributed by atoms with Crippen LogP contribution in [-0.4, -0.2) is 70.3 Å². The van der Waals surface area contributed by atoms with Crippen molar-refractivity contribution in [3.05, 3.63) is 71.5 Å². The largest absolute Gasteiger partial charge is 0.393 e. The molecule has 0 saturated heterocycles. The predicted octanol–water partition coefficient (Wildman–Crippen LogP) is 4.74. The van der Waals surface area contributed by atoms with E-state index in [2.05, 4.69) is 20.4 Å². The van der Waals surface area contributed by atoms with Crippen molar-refractivity contribution >= 4 is 48.3 Å². The van der Waals surface area contributed by atoms with Crippen LogP contribution in [0.5, 0.6) is 0 Å². The minimum absolute atomic E-state index is 0.0262. The summed E-state index contributed by atoms with van der Waals surface area (Å²) in [6.45, 7) is 0.577. The van der Waals surface area contributed by atoms with Crippen LogP contribution in [0.15, 0.2) is 61.1 Å². The van der Waals surface area contributed by atoms with Gasteiger partial charge < -0.3 is 15.3 Å². The smallest absolute Gasteiger partial charge is 0.391 e. The number of hydrogen-bond acceptors (Lipinski definition) is 9. The van der Waals surface area contributed by atoms with E-state index in [-0.39, 0.29) is 17.0 Å². The van der Waals surface area contributed by atoms with E-state index in [4.69, 9.17) is 0 Å². The molecule has 0 unspecified atom stereocenters. The van der Waals surface area contributed by atoms with E-state index >= 15 is 0 Å². The Balaban J connectivity index is 1.12. The Bertz CT molecular complexity index is 1890. The Labute approximate surface area is 250 Å². The molecule has 0 spiro atoms. The molecular weight excluding hydrogens is 601 g/mol. The second-order valence-corrected chi connectivity index (χ2v) is 13.8. The minimum atomic E-state index is -4.31. The van der Waals surface area contributed by atoms with Crippen molar-refractivity contribution in [2.75, 3.05) is 18.2 Å². The highest BCUT2D eigenvalue weighted by Crippen LogP contribution is 2.36. The number of halogens is 3. The number of aliphatic hydroxyl groups excluding tert-OH is 1. The molecule has 0 aliphatic heterocycles. The minimum Gasteiger partial charge on any atom is -0.391 e. The van der Waals surface area contributed by atoms with Gasteiger partial charge in [-0.3, -0.25) is 0 Å². The summed E-state index contributed by atoms with van der Waals surface area (Å²) in [4.78, 5) is 11.0. The zero-order valence-electron chi connectivity index (χ0n) is 23.3. The maximum Gasteiger partial charge on any atom is 0.393 e. The van der Waals surface area contributed by atoms with Crippen LogP contribution in [0.3, 0.4) is 0 Å². The number of fused-ring (bicyclic) bond motifs is 2. The van der Waals surface area contributed by atoms with Crippen LogP contribution >= 0.6 is 11.3 Å². The average molecular weight is 631 g/mol. The first-order chi connectivity index (χ1) is 20.4. The molecule has 5 aromatic rings. The maximum atomic E-state index is 13.0. The summed E-state index contributed by atoms with van der Waals surface area (Å²) in [6, 6.07) is 14.7. The quantitative estimate of drug-likeness (QED) is 0.253. The number of hydrogen-bond donors (Lipinski definition) is 2. The first-order valence-corrected chi connectivity index (χ1v) is 16.2. The van der Waals surface area contributed by atoms with Crippen molar-refractivity contribution in [2.24, 2.45) is 0 Å². The monoisotopic (exact) mass is 630 g/mol. The van der Waals surface area contributed by atoms with Gasteiger partial charge in [0, 0.05) is 29.9 Å². The summed E-state index contributed by atoms with van der Waals surface area (Å²) in [6.07, 6.45) is -0.777. The molecule has 2 aromatic carbocycles. The van der Waals surface area contributed by atoms with Crippen LogP contribution < -0.4 is 10.2 Å². The van der Waals surface area contributed by atoms with Gasteiger partial charge in [0.1, 0.15) is 17.0 Å². The summed E-state index contributed by atoms with van der Waals surface area (Å²) in [7, 11) is -1.71. The molecule has 1 aliphatic rings. The Morgan fingerprint density at radius 2 is 1.88 bits per heavy atom.